The highest BCUT2D eigenvalue weighted by molar-refractivity contribution is 5.52. The average Bonchev–Trinajstić information content (AvgIpc) is 2.79. The molecule has 29 heavy (non-hydrogen) atoms. The topological polar surface area (TPSA) is 89.1 Å². The standard InChI is InChI=1S/C23H30O6/c1-15(14-22(4)21(25)23(5,26)17(3)29-22)11-9-7-8-10-12-18-16(2)19(27-6)13-20(24)28-18/h7-14,17,21,25-26H,1-6H3/b8-7+,11-9+,12-10+,15-14+/t17-,21+,22+,23+/m1/s1. The zero-order valence-electron chi connectivity index (χ0n) is 17.8. The van der Waals surface area contributed by atoms with Gasteiger partial charge in [-0.1, -0.05) is 36.0 Å². The molecule has 0 radical (unpaired) electrons. The van der Waals surface area contributed by atoms with Gasteiger partial charge in [-0.25, -0.2) is 4.79 Å². The predicted octanol–water partition coefficient (Wildman–Crippen LogP) is 3.32. The van der Waals surface area contributed by atoms with Gasteiger partial charge in [0.25, 0.3) is 0 Å². The normalized spacial score (nSPS) is 30.8. The van der Waals surface area contributed by atoms with E-state index >= 15 is 0 Å². The van der Waals surface area contributed by atoms with Gasteiger partial charge in [0.2, 0.25) is 0 Å². The molecule has 1 saturated heterocycles. The maximum Gasteiger partial charge on any atom is 0.339 e. The number of rotatable bonds is 6. The molecule has 4 atom stereocenters. The van der Waals surface area contributed by atoms with E-state index < -0.39 is 29.0 Å². The molecule has 0 amide bonds. The molecule has 2 rings (SSSR count). The van der Waals surface area contributed by atoms with E-state index in [1.165, 1.54) is 13.2 Å². The van der Waals surface area contributed by atoms with Crippen LogP contribution in [-0.2, 0) is 4.74 Å². The van der Waals surface area contributed by atoms with Crippen LogP contribution in [0.5, 0.6) is 5.75 Å². The third kappa shape index (κ3) is 5.15. The number of aliphatic hydroxyl groups excluding tert-OH is 1. The van der Waals surface area contributed by atoms with Gasteiger partial charge in [0.05, 0.1) is 19.3 Å². The molecule has 2 N–H and O–H groups in total. The summed E-state index contributed by atoms with van der Waals surface area (Å²) in [6.45, 7) is 8.79. The van der Waals surface area contributed by atoms with E-state index in [2.05, 4.69) is 0 Å². The molecule has 6 heteroatoms. The van der Waals surface area contributed by atoms with Crippen LogP contribution in [0.1, 0.15) is 39.0 Å². The second-order valence-corrected chi connectivity index (χ2v) is 7.69. The lowest BCUT2D eigenvalue weighted by Crippen LogP contribution is -2.47. The Morgan fingerprint density at radius 3 is 2.48 bits per heavy atom. The van der Waals surface area contributed by atoms with E-state index in [0.717, 1.165) is 11.1 Å². The van der Waals surface area contributed by atoms with Gasteiger partial charge in [-0.3, -0.25) is 0 Å². The first kappa shape index (κ1) is 22.9. The van der Waals surface area contributed by atoms with Gasteiger partial charge in [0.1, 0.15) is 28.8 Å². The van der Waals surface area contributed by atoms with Crippen LogP contribution in [0, 0.1) is 6.92 Å². The van der Waals surface area contributed by atoms with Crippen molar-refractivity contribution in [2.24, 2.45) is 0 Å². The SMILES string of the molecule is COc1cc(=O)oc(/C=C/C=C/C=C/C(C)=C/[C@]2(C)O[C@H](C)[C@](C)(O)[C@H]2O)c1C. The van der Waals surface area contributed by atoms with E-state index in [4.69, 9.17) is 13.9 Å². The molecule has 2 heterocycles. The van der Waals surface area contributed by atoms with Crippen LogP contribution in [0.25, 0.3) is 6.08 Å². The van der Waals surface area contributed by atoms with Crippen LogP contribution < -0.4 is 10.4 Å². The van der Waals surface area contributed by atoms with Crippen LogP contribution in [0.2, 0.25) is 0 Å². The van der Waals surface area contributed by atoms with Gasteiger partial charge in [0, 0.05) is 5.56 Å². The highest BCUT2D eigenvalue weighted by Gasteiger charge is 2.55. The Kier molecular flexibility index (Phi) is 7.06. The molecule has 158 valence electrons. The lowest BCUT2D eigenvalue weighted by atomic mass is 9.86. The third-order valence-electron chi connectivity index (χ3n) is 5.22. The largest absolute Gasteiger partial charge is 0.496 e. The molecule has 0 bridgehead atoms. The Morgan fingerprint density at radius 2 is 1.90 bits per heavy atom. The number of hydrogen-bond donors (Lipinski definition) is 2. The highest BCUT2D eigenvalue weighted by Crippen LogP contribution is 2.39. The molecule has 0 spiro atoms. The number of hydrogen-bond acceptors (Lipinski definition) is 6. The average molecular weight is 402 g/mol. The summed E-state index contributed by atoms with van der Waals surface area (Å²) in [7, 11) is 1.51. The molecule has 1 aromatic rings. The summed E-state index contributed by atoms with van der Waals surface area (Å²) in [5.41, 5.74) is -1.08. The minimum Gasteiger partial charge on any atom is -0.496 e. The molecule has 6 nitrogen and oxygen atoms in total. The summed E-state index contributed by atoms with van der Waals surface area (Å²) in [5, 5.41) is 20.8. The van der Waals surface area contributed by atoms with Crippen LogP contribution in [-0.4, -0.2) is 40.7 Å². The zero-order chi connectivity index (χ0) is 21.8. The monoisotopic (exact) mass is 402 g/mol. The van der Waals surface area contributed by atoms with Crippen LogP contribution >= 0.6 is 0 Å². The summed E-state index contributed by atoms with van der Waals surface area (Å²) < 4.78 is 16.1. The quantitative estimate of drug-likeness (QED) is 0.710. The first-order valence-corrected chi connectivity index (χ1v) is 9.49. The van der Waals surface area contributed by atoms with Gasteiger partial charge in [-0.05, 0) is 46.8 Å². The van der Waals surface area contributed by atoms with Crippen LogP contribution in [0.3, 0.4) is 0 Å². The Balaban J connectivity index is 2.04. The maximum atomic E-state index is 11.5. The fraction of sp³-hybridized carbons (Fsp3) is 0.435. The molecule has 0 aliphatic carbocycles. The van der Waals surface area contributed by atoms with Gasteiger partial charge in [-0.2, -0.15) is 0 Å². The minimum absolute atomic E-state index is 0.445. The molecule has 0 saturated carbocycles. The van der Waals surface area contributed by atoms with Gasteiger partial charge in [-0.15, -0.1) is 0 Å². The maximum absolute atomic E-state index is 11.5. The first-order valence-electron chi connectivity index (χ1n) is 9.49. The van der Waals surface area contributed by atoms with E-state index in [9.17, 15) is 15.0 Å². The molecule has 1 aromatic heterocycles. The zero-order valence-corrected chi connectivity index (χ0v) is 17.8. The summed E-state index contributed by atoms with van der Waals surface area (Å²) in [4.78, 5) is 11.5. The van der Waals surface area contributed by atoms with Crippen molar-refractivity contribution in [2.75, 3.05) is 7.11 Å². The number of methoxy groups -OCH3 is 1. The van der Waals surface area contributed by atoms with E-state index in [1.54, 1.807) is 39.0 Å². The minimum atomic E-state index is -1.30. The van der Waals surface area contributed by atoms with Crippen molar-refractivity contribution in [1.29, 1.82) is 0 Å². The lowest BCUT2D eigenvalue weighted by molar-refractivity contribution is -0.0579. The van der Waals surface area contributed by atoms with Gasteiger partial charge >= 0.3 is 5.63 Å². The summed E-state index contributed by atoms with van der Waals surface area (Å²) in [6.07, 6.45) is 11.1. The van der Waals surface area contributed by atoms with Crippen molar-refractivity contribution in [3.05, 3.63) is 69.8 Å². The molecular formula is C23H30O6. The molecule has 1 aliphatic heterocycles. The van der Waals surface area contributed by atoms with E-state index in [0.29, 0.717) is 11.5 Å². The van der Waals surface area contributed by atoms with Crippen LogP contribution in [0.15, 0.2) is 57.3 Å². The number of aliphatic hydroxyl groups is 2. The number of ether oxygens (including phenoxy) is 2. The number of allylic oxidation sites excluding steroid dienone is 6. The van der Waals surface area contributed by atoms with Gasteiger partial charge in [0.15, 0.2) is 0 Å². The molecular weight excluding hydrogens is 372 g/mol. The summed E-state index contributed by atoms with van der Waals surface area (Å²) in [5.74, 6) is 0.934. The Bertz CT molecular complexity index is 902. The van der Waals surface area contributed by atoms with E-state index in [-0.39, 0.29) is 0 Å². The molecule has 1 aliphatic rings. The fourth-order valence-electron chi connectivity index (χ4n) is 3.38. The smallest absolute Gasteiger partial charge is 0.339 e. The second kappa shape index (κ2) is 8.95. The van der Waals surface area contributed by atoms with E-state index in [1.807, 2.05) is 38.2 Å². The van der Waals surface area contributed by atoms with Crippen molar-refractivity contribution >= 4 is 6.08 Å². The van der Waals surface area contributed by atoms with Crippen molar-refractivity contribution < 1.29 is 24.1 Å². The van der Waals surface area contributed by atoms with Crippen molar-refractivity contribution in [2.45, 2.75) is 58.0 Å². The van der Waals surface area contributed by atoms with Crippen molar-refractivity contribution in [3.8, 4) is 5.75 Å². The van der Waals surface area contributed by atoms with Crippen molar-refractivity contribution in [1.82, 2.24) is 0 Å². The summed E-state index contributed by atoms with van der Waals surface area (Å²) in [6, 6.07) is 1.31. The fourth-order valence-corrected chi connectivity index (χ4v) is 3.38. The molecule has 1 fully saturated rings. The Hall–Kier alpha value is -2.41. The Morgan fingerprint density at radius 1 is 1.24 bits per heavy atom. The summed E-state index contributed by atoms with van der Waals surface area (Å²) >= 11 is 0. The lowest BCUT2D eigenvalue weighted by Gasteiger charge is -2.28. The molecule has 0 aromatic carbocycles. The van der Waals surface area contributed by atoms with Gasteiger partial charge < -0.3 is 24.1 Å². The Labute approximate surface area is 171 Å². The third-order valence-corrected chi connectivity index (χ3v) is 5.22. The van der Waals surface area contributed by atoms with Crippen LogP contribution in [0.4, 0.5) is 0 Å². The second-order valence-electron chi connectivity index (χ2n) is 7.69. The predicted molar refractivity (Wildman–Crippen MR) is 113 cm³/mol. The van der Waals surface area contributed by atoms with Crippen molar-refractivity contribution in [3.63, 3.8) is 0 Å². The first-order chi connectivity index (χ1) is 13.5. The highest BCUT2D eigenvalue weighted by atomic mass is 16.6. The molecule has 0 unspecified atom stereocenters.